The molecule has 1 saturated carbocycles. The summed E-state index contributed by atoms with van der Waals surface area (Å²) in [5.74, 6) is 2.84. The molecule has 0 radical (unpaired) electrons. The molecule has 0 amide bonds. The van der Waals surface area contributed by atoms with Crippen molar-refractivity contribution in [2.45, 2.75) is 71.1 Å². The topological polar surface area (TPSA) is 52.0 Å². The molecule has 1 aromatic heterocycles. The van der Waals surface area contributed by atoms with Gasteiger partial charge in [-0.3, -0.25) is 0 Å². The summed E-state index contributed by atoms with van der Waals surface area (Å²) in [7, 11) is 0. The van der Waals surface area contributed by atoms with Gasteiger partial charge in [0.1, 0.15) is 5.76 Å². The quantitative estimate of drug-likeness (QED) is 0.871. The largest absolute Gasteiger partial charge is 0.381 e. The molecule has 0 aromatic carbocycles. The normalized spacial score (nSPS) is 18.8. The number of nitrogens with two attached hydrogens (primary N) is 1. The maximum Gasteiger partial charge on any atom is 0.170 e. The zero-order valence-corrected chi connectivity index (χ0v) is 11.7. The molecule has 1 heterocycles. The van der Waals surface area contributed by atoms with Crippen LogP contribution in [-0.2, 0) is 6.42 Å². The van der Waals surface area contributed by atoms with Crippen molar-refractivity contribution in [3.63, 3.8) is 0 Å². The van der Waals surface area contributed by atoms with Gasteiger partial charge in [-0.1, -0.05) is 51.1 Å². The molecule has 0 saturated heterocycles. The van der Waals surface area contributed by atoms with Gasteiger partial charge in [-0.2, -0.15) is 0 Å². The van der Waals surface area contributed by atoms with Crippen LogP contribution in [0.4, 0.5) is 5.82 Å². The van der Waals surface area contributed by atoms with Crippen molar-refractivity contribution in [1.82, 2.24) is 5.16 Å². The standard InChI is InChI=1S/C15H26N2O/c1-11(2)10-13-14(18-17-15(13)16)12-8-6-4-3-5-7-9-12/h11-12H,3-10H2,1-2H3,(H2,16,17). The maximum atomic E-state index is 5.96. The molecule has 18 heavy (non-hydrogen) atoms. The second-order valence-electron chi connectivity index (χ2n) is 6.05. The van der Waals surface area contributed by atoms with Crippen LogP contribution in [-0.4, -0.2) is 5.16 Å². The Morgan fingerprint density at radius 1 is 1.17 bits per heavy atom. The highest BCUT2D eigenvalue weighted by atomic mass is 16.5. The van der Waals surface area contributed by atoms with Crippen molar-refractivity contribution in [2.75, 3.05) is 5.73 Å². The molecule has 1 aliphatic carbocycles. The summed E-state index contributed by atoms with van der Waals surface area (Å²) in [6.45, 7) is 4.43. The fraction of sp³-hybridized carbons (Fsp3) is 0.800. The number of nitrogens with zero attached hydrogens (tertiary/aromatic N) is 1. The Hall–Kier alpha value is -0.990. The Kier molecular flexibility index (Phi) is 4.67. The van der Waals surface area contributed by atoms with Crippen LogP contribution in [0.25, 0.3) is 0 Å². The van der Waals surface area contributed by atoms with Crippen LogP contribution in [0.3, 0.4) is 0 Å². The lowest BCUT2D eigenvalue weighted by molar-refractivity contribution is 0.328. The average Bonchev–Trinajstić information content (AvgIpc) is 2.60. The Morgan fingerprint density at radius 2 is 1.78 bits per heavy atom. The van der Waals surface area contributed by atoms with E-state index in [1.807, 2.05) is 0 Å². The molecule has 102 valence electrons. The first-order valence-corrected chi connectivity index (χ1v) is 7.42. The van der Waals surface area contributed by atoms with E-state index >= 15 is 0 Å². The van der Waals surface area contributed by atoms with Crippen LogP contribution in [0.5, 0.6) is 0 Å². The molecule has 0 atom stereocenters. The van der Waals surface area contributed by atoms with E-state index in [0.29, 0.717) is 17.7 Å². The molecule has 0 aliphatic heterocycles. The molecule has 2 N–H and O–H groups in total. The smallest absolute Gasteiger partial charge is 0.170 e. The average molecular weight is 250 g/mol. The zero-order chi connectivity index (χ0) is 13.0. The summed E-state index contributed by atoms with van der Waals surface area (Å²) >= 11 is 0. The van der Waals surface area contributed by atoms with Crippen LogP contribution < -0.4 is 5.73 Å². The zero-order valence-electron chi connectivity index (χ0n) is 11.7. The highest BCUT2D eigenvalue weighted by Crippen LogP contribution is 2.35. The SMILES string of the molecule is CC(C)Cc1c(N)noc1C1CCCCCCC1. The predicted molar refractivity (Wildman–Crippen MR) is 74.5 cm³/mol. The van der Waals surface area contributed by atoms with Gasteiger partial charge in [-0.25, -0.2) is 0 Å². The van der Waals surface area contributed by atoms with E-state index in [2.05, 4.69) is 19.0 Å². The monoisotopic (exact) mass is 250 g/mol. The molecule has 0 bridgehead atoms. The Balaban J connectivity index is 2.14. The summed E-state index contributed by atoms with van der Waals surface area (Å²) in [6, 6.07) is 0. The van der Waals surface area contributed by atoms with Crippen molar-refractivity contribution >= 4 is 5.82 Å². The molecule has 1 aliphatic rings. The Morgan fingerprint density at radius 3 is 2.39 bits per heavy atom. The van der Waals surface area contributed by atoms with Crippen LogP contribution in [0.15, 0.2) is 4.52 Å². The van der Waals surface area contributed by atoms with Gasteiger partial charge in [0.25, 0.3) is 0 Å². The lowest BCUT2D eigenvalue weighted by atomic mass is 9.86. The second kappa shape index (κ2) is 6.26. The van der Waals surface area contributed by atoms with E-state index in [0.717, 1.165) is 12.2 Å². The molecular weight excluding hydrogens is 224 g/mol. The fourth-order valence-electron chi connectivity index (χ4n) is 2.99. The van der Waals surface area contributed by atoms with Gasteiger partial charge in [0, 0.05) is 11.5 Å². The van der Waals surface area contributed by atoms with Crippen LogP contribution >= 0.6 is 0 Å². The maximum absolute atomic E-state index is 5.96. The van der Waals surface area contributed by atoms with E-state index in [9.17, 15) is 0 Å². The van der Waals surface area contributed by atoms with Crippen molar-refractivity contribution in [3.8, 4) is 0 Å². The van der Waals surface area contributed by atoms with Gasteiger partial charge in [-0.05, 0) is 25.2 Å². The number of hydrogen-bond acceptors (Lipinski definition) is 3. The van der Waals surface area contributed by atoms with Crippen LogP contribution in [0.1, 0.15) is 76.0 Å². The van der Waals surface area contributed by atoms with Gasteiger partial charge >= 0.3 is 0 Å². The van der Waals surface area contributed by atoms with E-state index in [-0.39, 0.29) is 0 Å². The van der Waals surface area contributed by atoms with Crippen molar-refractivity contribution in [1.29, 1.82) is 0 Å². The third-order valence-electron chi connectivity index (χ3n) is 3.94. The summed E-state index contributed by atoms with van der Waals surface area (Å²) in [4.78, 5) is 0. The fourth-order valence-corrected chi connectivity index (χ4v) is 2.99. The number of nitrogen functional groups attached to an aromatic ring is 1. The molecule has 1 aromatic rings. The van der Waals surface area contributed by atoms with Crippen LogP contribution in [0.2, 0.25) is 0 Å². The number of aromatic nitrogens is 1. The van der Waals surface area contributed by atoms with Gasteiger partial charge in [0.2, 0.25) is 0 Å². The summed E-state index contributed by atoms with van der Waals surface area (Å²) in [5.41, 5.74) is 7.14. The van der Waals surface area contributed by atoms with Crippen molar-refractivity contribution < 1.29 is 4.52 Å². The Labute approximate surface area is 110 Å². The third-order valence-corrected chi connectivity index (χ3v) is 3.94. The van der Waals surface area contributed by atoms with E-state index in [1.165, 1.54) is 50.5 Å². The molecule has 2 rings (SSSR count). The van der Waals surface area contributed by atoms with Crippen molar-refractivity contribution in [3.05, 3.63) is 11.3 Å². The van der Waals surface area contributed by atoms with E-state index < -0.39 is 0 Å². The lowest BCUT2D eigenvalue weighted by Gasteiger charge is -2.18. The summed E-state index contributed by atoms with van der Waals surface area (Å²) in [5, 5.41) is 4.00. The minimum absolute atomic E-state index is 0.545. The molecular formula is C15H26N2O. The third kappa shape index (κ3) is 3.27. The molecule has 0 spiro atoms. The number of rotatable bonds is 3. The van der Waals surface area contributed by atoms with Gasteiger partial charge in [0.15, 0.2) is 5.82 Å². The predicted octanol–water partition coefficient (Wildman–Crippen LogP) is 4.28. The highest BCUT2D eigenvalue weighted by molar-refractivity contribution is 5.42. The summed E-state index contributed by atoms with van der Waals surface area (Å²) in [6.07, 6.45) is 10.2. The molecule has 0 unspecified atom stereocenters. The van der Waals surface area contributed by atoms with Gasteiger partial charge < -0.3 is 10.3 Å². The molecule has 3 heteroatoms. The lowest BCUT2D eigenvalue weighted by Crippen LogP contribution is -2.06. The second-order valence-corrected chi connectivity index (χ2v) is 6.05. The highest BCUT2D eigenvalue weighted by Gasteiger charge is 2.23. The van der Waals surface area contributed by atoms with E-state index in [1.54, 1.807) is 0 Å². The van der Waals surface area contributed by atoms with Gasteiger partial charge in [-0.15, -0.1) is 0 Å². The Bertz CT molecular complexity index is 363. The van der Waals surface area contributed by atoms with E-state index in [4.69, 9.17) is 10.3 Å². The first kappa shape index (κ1) is 13.4. The minimum atomic E-state index is 0.545. The number of anilines is 1. The molecule has 3 nitrogen and oxygen atoms in total. The minimum Gasteiger partial charge on any atom is -0.381 e. The summed E-state index contributed by atoms with van der Waals surface area (Å²) < 4.78 is 5.56. The number of hydrogen-bond donors (Lipinski definition) is 1. The first-order valence-electron chi connectivity index (χ1n) is 7.42. The van der Waals surface area contributed by atoms with Crippen molar-refractivity contribution in [2.24, 2.45) is 5.92 Å². The molecule has 1 fully saturated rings. The first-order chi connectivity index (χ1) is 8.68. The van der Waals surface area contributed by atoms with Gasteiger partial charge in [0.05, 0.1) is 0 Å². The van der Waals surface area contributed by atoms with Crippen LogP contribution in [0, 0.1) is 5.92 Å².